The second kappa shape index (κ2) is 9.21. The number of halogens is 1. The Morgan fingerprint density at radius 1 is 1.21 bits per heavy atom. The van der Waals surface area contributed by atoms with Crippen molar-refractivity contribution in [1.82, 2.24) is 4.90 Å². The maximum atomic E-state index is 13.1. The number of amides is 2. The van der Waals surface area contributed by atoms with Gasteiger partial charge in [0.25, 0.3) is 0 Å². The number of rotatable bonds is 5. The summed E-state index contributed by atoms with van der Waals surface area (Å²) in [4.78, 5) is 26.8. The summed E-state index contributed by atoms with van der Waals surface area (Å²) in [7, 11) is 1.32. The molecule has 2 unspecified atom stereocenters. The summed E-state index contributed by atoms with van der Waals surface area (Å²) in [6, 6.07) is 13.3. The van der Waals surface area contributed by atoms with Gasteiger partial charge in [-0.2, -0.15) is 0 Å². The van der Waals surface area contributed by atoms with Crippen molar-refractivity contribution in [3.05, 3.63) is 59.1 Å². The van der Waals surface area contributed by atoms with Crippen LogP contribution in [-0.2, 0) is 9.53 Å². The van der Waals surface area contributed by atoms with Gasteiger partial charge in [-0.25, -0.2) is 9.59 Å². The van der Waals surface area contributed by atoms with Crippen LogP contribution in [0.3, 0.4) is 0 Å². The van der Waals surface area contributed by atoms with Crippen LogP contribution in [0.2, 0.25) is 5.02 Å². The van der Waals surface area contributed by atoms with E-state index in [1.807, 2.05) is 25.1 Å². The SMILES string of the molecule is CCOc1ccc(NC(=O)N2C(C(=O)OC)CSC2c2ccccc2Cl)cc1. The molecule has 2 aromatic rings. The van der Waals surface area contributed by atoms with Crippen molar-refractivity contribution in [2.75, 3.05) is 24.8 Å². The summed E-state index contributed by atoms with van der Waals surface area (Å²) in [5, 5.41) is 3.01. The number of anilines is 1. The molecule has 1 N–H and O–H groups in total. The zero-order valence-corrected chi connectivity index (χ0v) is 17.1. The van der Waals surface area contributed by atoms with Crippen LogP contribution in [-0.4, -0.2) is 42.4 Å². The maximum absolute atomic E-state index is 13.1. The van der Waals surface area contributed by atoms with Crippen molar-refractivity contribution >= 4 is 41.1 Å². The van der Waals surface area contributed by atoms with E-state index in [2.05, 4.69) is 5.32 Å². The summed E-state index contributed by atoms with van der Waals surface area (Å²) in [6.07, 6.45) is 0. The molecule has 1 heterocycles. The van der Waals surface area contributed by atoms with Crippen LogP contribution in [0.15, 0.2) is 48.5 Å². The minimum atomic E-state index is -0.695. The van der Waals surface area contributed by atoms with Gasteiger partial charge >= 0.3 is 12.0 Å². The molecule has 1 aliphatic heterocycles. The van der Waals surface area contributed by atoms with Gasteiger partial charge < -0.3 is 14.8 Å². The number of nitrogens with zero attached hydrogens (tertiary/aromatic N) is 1. The third-order valence-electron chi connectivity index (χ3n) is 4.30. The number of ether oxygens (including phenoxy) is 2. The Hall–Kier alpha value is -2.38. The molecular formula is C20H21ClN2O4S. The van der Waals surface area contributed by atoms with Crippen molar-refractivity contribution in [1.29, 1.82) is 0 Å². The van der Waals surface area contributed by atoms with Crippen LogP contribution < -0.4 is 10.1 Å². The monoisotopic (exact) mass is 420 g/mol. The lowest BCUT2D eigenvalue weighted by molar-refractivity contribution is -0.144. The summed E-state index contributed by atoms with van der Waals surface area (Å²) in [5.41, 5.74) is 1.38. The van der Waals surface area contributed by atoms with Crippen LogP contribution in [0.5, 0.6) is 5.75 Å². The van der Waals surface area contributed by atoms with E-state index in [1.54, 1.807) is 30.3 Å². The highest BCUT2D eigenvalue weighted by Gasteiger charge is 2.43. The topological polar surface area (TPSA) is 67.9 Å². The van der Waals surface area contributed by atoms with Gasteiger partial charge in [-0.05, 0) is 37.3 Å². The largest absolute Gasteiger partial charge is 0.494 e. The molecule has 1 aliphatic rings. The number of nitrogens with one attached hydrogen (secondary N) is 1. The number of carbonyl (C=O) groups excluding carboxylic acids is 2. The van der Waals surface area contributed by atoms with Gasteiger partial charge in [-0.1, -0.05) is 29.8 Å². The van der Waals surface area contributed by atoms with E-state index < -0.39 is 18.0 Å². The van der Waals surface area contributed by atoms with Gasteiger partial charge in [0.2, 0.25) is 0 Å². The summed E-state index contributed by atoms with van der Waals surface area (Å²) >= 11 is 7.82. The van der Waals surface area contributed by atoms with E-state index in [1.165, 1.54) is 23.8 Å². The second-order valence-corrected chi connectivity index (χ2v) is 7.56. The molecule has 0 aromatic heterocycles. The molecule has 6 nitrogen and oxygen atoms in total. The Kier molecular flexibility index (Phi) is 6.70. The van der Waals surface area contributed by atoms with Crippen LogP contribution in [0.25, 0.3) is 0 Å². The highest BCUT2D eigenvalue weighted by atomic mass is 35.5. The zero-order chi connectivity index (χ0) is 20.1. The fourth-order valence-electron chi connectivity index (χ4n) is 2.98. The molecule has 2 atom stereocenters. The van der Waals surface area contributed by atoms with Gasteiger partial charge in [0.1, 0.15) is 17.2 Å². The van der Waals surface area contributed by atoms with Crippen LogP contribution in [0, 0.1) is 0 Å². The van der Waals surface area contributed by atoms with E-state index in [0.717, 1.165) is 11.3 Å². The van der Waals surface area contributed by atoms with E-state index in [9.17, 15) is 9.59 Å². The molecule has 2 aromatic carbocycles. The van der Waals surface area contributed by atoms with Gasteiger partial charge in [0.05, 0.1) is 13.7 Å². The third-order valence-corrected chi connectivity index (χ3v) is 5.95. The van der Waals surface area contributed by atoms with Gasteiger partial charge in [-0.15, -0.1) is 11.8 Å². The molecule has 1 fully saturated rings. The van der Waals surface area contributed by atoms with Crippen molar-refractivity contribution in [2.24, 2.45) is 0 Å². The van der Waals surface area contributed by atoms with Gasteiger partial charge in [0, 0.05) is 22.0 Å². The average molecular weight is 421 g/mol. The second-order valence-electron chi connectivity index (χ2n) is 6.04. The number of benzene rings is 2. The highest BCUT2D eigenvalue weighted by Crippen LogP contribution is 2.44. The van der Waals surface area contributed by atoms with Gasteiger partial charge in [0.15, 0.2) is 0 Å². The van der Waals surface area contributed by atoms with E-state index >= 15 is 0 Å². The molecule has 0 spiro atoms. The molecule has 0 bridgehead atoms. The van der Waals surface area contributed by atoms with Crippen LogP contribution >= 0.6 is 23.4 Å². The highest BCUT2D eigenvalue weighted by molar-refractivity contribution is 7.99. The Bertz CT molecular complexity index is 846. The Balaban J connectivity index is 1.85. The first-order valence-corrected chi connectivity index (χ1v) is 10.2. The van der Waals surface area contributed by atoms with Crippen molar-refractivity contribution in [3.63, 3.8) is 0 Å². The van der Waals surface area contributed by atoms with E-state index in [-0.39, 0.29) is 5.37 Å². The number of hydrogen-bond acceptors (Lipinski definition) is 5. The average Bonchev–Trinajstić information content (AvgIpc) is 3.14. The standard InChI is InChI=1S/C20H21ClN2O4S/c1-3-27-14-10-8-13(9-11-14)22-20(25)23-17(19(24)26-2)12-28-18(23)15-6-4-5-7-16(15)21/h4-11,17-18H,3,12H2,1-2H3,(H,22,25). The smallest absolute Gasteiger partial charge is 0.329 e. The number of thioether (sulfide) groups is 1. The molecule has 148 valence electrons. The molecule has 0 saturated carbocycles. The van der Waals surface area contributed by atoms with Crippen molar-refractivity contribution in [3.8, 4) is 5.75 Å². The lowest BCUT2D eigenvalue weighted by Crippen LogP contribution is -2.45. The molecule has 0 aliphatic carbocycles. The molecule has 8 heteroatoms. The fourth-order valence-corrected chi connectivity index (χ4v) is 4.73. The molecular weight excluding hydrogens is 400 g/mol. The normalized spacial score (nSPS) is 18.6. The first kappa shape index (κ1) is 20.4. The Morgan fingerprint density at radius 2 is 1.93 bits per heavy atom. The van der Waals surface area contributed by atoms with E-state index in [4.69, 9.17) is 21.1 Å². The first-order valence-electron chi connectivity index (χ1n) is 8.81. The summed E-state index contributed by atoms with van der Waals surface area (Å²) in [5.74, 6) is 0.696. The van der Waals surface area contributed by atoms with Crippen LogP contribution in [0.4, 0.5) is 10.5 Å². The maximum Gasteiger partial charge on any atom is 0.329 e. The van der Waals surface area contributed by atoms with Crippen molar-refractivity contribution in [2.45, 2.75) is 18.3 Å². The lowest BCUT2D eigenvalue weighted by Gasteiger charge is -2.28. The van der Waals surface area contributed by atoms with Crippen LogP contribution in [0.1, 0.15) is 17.9 Å². The Morgan fingerprint density at radius 3 is 2.57 bits per heavy atom. The minimum absolute atomic E-state index is 0.388. The number of hydrogen-bond donors (Lipinski definition) is 1. The summed E-state index contributed by atoms with van der Waals surface area (Å²) < 4.78 is 10.3. The minimum Gasteiger partial charge on any atom is -0.494 e. The molecule has 2 amide bonds. The zero-order valence-electron chi connectivity index (χ0n) is 15.6. The lowest BCUT2D eigenvalue weighted by atomic mass is 10.2. The Labute approximate surface area is 173 Å². The van der Waals surface area contributed by atoms with Crippen molar-refractivity contribution < 1.29 is 19.1 Å². The molecule has 0 radical (unpaired) electrons. The molecule has 3 rings (SSSR count). The fraction of sp³-hybridized carbons (Fsp3) is 0.300. The number of esters is 1. The molecule has 28 heavy (non-hydrogen) atoms. The summed E-state index contributed by atoms with van der Waals surface area (Å²) in [6.45, 7) is 2.47. The first-order chi connectivity index (χ1) is 13.5. The van der Waals surface area contributed by atoms with E-state index in [0.29, 0.717) is 23.1 Å². The molecule has 1 saturated heterocycles. The predicted molar refractivity (Wildman–Crippen MR) is 111 cm³/mol. The number of urea groups is 1. The number of carbonyl (C=O) groups is 2. The quantitative estimate of drug-likeness (QED) is 0.718. The van der Waals surface area contributed by atoms with Gasteiger partial charge in [-0.3, -0.25) is 4.90 Å². The number of methoxy groups -OCH3 is 1. The third kappa shape index (κ3) is 4.36. The predicted octanol–water partition coefficient (Wildman–Crippen LogP) is 4.56.